The van der Waals surface area contributed by atoms with Gasteiger partial charge in [0.2, 0.25) is 0 Å². The molecule has 35 heavy (non-hydrogen) atoms. The molecule has 1 unspecified atom stereocenters. The van der Waals surface area contributed by atoms with Gasteiger partial charge < -0.3 is 19.4 Å². The van der Waals surface area contributed by atoms with Gasteiger partial charge in [0.05, 0.1) is 24.9 Å². The van der Waals surface area contributed by atoms with Crippen LogP contribution in [-0.2, 0) is 14.4 Å². The minimum absolute atomic E-state index is 0.0639. The number of piperidine rings is 1. The molecule has 3 aliphatic heterocycles. The van der Waals surface area contributed by atoms with Crippen molar-refractivity contribution in [3.05, 3.63) is 59.9 Å². The number of nitrogens with zero attached hydrogens (tertiary/aromatic N) is 5. The van der Waals surface area contributed by atoms with Crippen LogP contribution in [0.4, 0.5) is 0 Å². The quantitative estimate of drug-likeness (QED) is 0.623. The number of aromatic nitrogens is 3. The van der Waals surface area contributed by atoms with E-state index in [1.807, 2.05) is 35.2 Å². The molecule has 6 rings (SSSR count). The number of hydrogen-bond acceptors (Lipinski definition) is 7. The SMILES string of the molecule is O=C(C1=NOC2(CCN(C(=O)c3cnc4[nH]ncc4c3)CC2)C1)N1CCOC(c2ccccc2)C1. The molecule has 10 heteroatoms. The summed E-state index contributed by atoms with van der Waals surface area (Å²) in [5.74, 6) is -0.157. The number of H-pyrrole nitrogens is 1. The summed E-state index contributed by atoms with van der Waals surface area (Å²) in [6, 6.07) is 11.7. The first kappa shape index (κ1) is 21.7. The lowest BCUT2D eigenvalue weighted by atomic mass is 9.86. The third-order valence-electron chi connectivity index (χ3n) is 7.11. The van der Waals surface area contributed by atoms with Crippen LogP contribution in [-0.4, -0.2) is 80.9 Å². The molecule has 5 heterocycles. The second kappa shape index (κ2) is 8.77. The number of oxime groups is 1. The van der Waals surface area contributed by atoms with Gasteiger partial charge in [0, 0.05) is 50.5 Å². The zero-order chi connectivity index (χ0) is 23.8. The number of morpholine rings is 1. The van der Waals surface area contributed by atoms with Crippen LogP contribution in [0.2, 0.25) is 0 Å². The summed E-state index contributed by atoms with van der Waals surface area (Å²) in [4.78, 5) is 40.0. The highest BCUT2D eigenvalue weighted by Crippen LogP contribution is 2.36. The Kier molecular flexibility index (Phi) is 5.44. The van der Waals surface area contributed by atoms with Crippen LogP contribution < -0.4 is 0 Å². The Morgan fingerprint density at radius 3 is 2.69 bits per heavy atom. The summed E-state index contributed by atoms with van der Waals surface area (Å²) in [7, 11) is 0. The number of ether oxygens (including phenoxy) is 1. The van der Waals surface area contributed by atoms with Gasteiger partial charge in [-0.15, -0.1) is 0 Å². The molecule has 2 aromatic heterocycles. The molecule has 2 saturated heterocycles. The number of benzene rings is 1. The Morgan fingerprint density at radius 1 is 1.03 bits per heavy atom. The summed E-state index contributed by atoms with van der Waals surface area (Å²) in [6.45, 7) is 2.58. The van der Waals surface area contributed by atoms with Crippen LogP contribution in [0.5, 0.6) is 0 Å². The molecular formula is C25H26N6O4. The first-order chi connectivity index (χ1) is 17.1. The van der Waals surface area contributed by atoms with Crippen molar-refractivity contribution in [2.24, 2.45) is 5.16 Å². The molecule has 1 spiro atoms. The fraction of sp³-hybridized carbons (Fsp3) is 0.400. The van der Waals surface area contributed by atoms with Gasteiger partial charge >= 0.3 is 0 Å². The van der Waals surface area contributed by atoms with Crippen LogP contribution >= 0.6 is 0 Å². The van der Waals surface area contributed by atoms with Crippen molar-refractivity contribution in [3.63, 3.8) is 0 Å². The lowest BCUT2D eigenvalue weighted by Gasteiger charge is -2.37. The number of likely N-dealkylation sites (tertiary alicyclic amines) is 1. The summed E-state index contributed by atoms with van der Waals surface area (Å²) in [6.07, 6.45) is 4.79. The molecule has 3 aromatic rings. The summed E-state index contributed by atoms with van der Waals surface area (Å²) in [5.41, 5.74) is 2.18. The van der Waals surface area contributed by atoms with Crippen molar-refractivity contribution in [2.75, 3.05) is 32.8 Å². The molecule has 0 aliphatic carbocycles. The van der Waals surface area contributed by atoms with E-state index in [1.54, 1.807) is 23.4 Å². The fourth-order valence-corrected chi connectivity index (χ4v) is 5.04. The number of rotatable bonds is 3. The number of amides is 2. The number of nitrogens with one attached hydrogen (secondary N) is 1. The van der Waals surface area contributed by atoms with E-state index in [0.717, 1.165) is 10.9 Å². The highest BCUT2D eigenvalue weighted by molar-refractivity contribution is 6.39. The van der Waals surface area contributed by atoms with E-state index in [4.69, 9.17) is 9.57 Å². The van der Waals surface area contributed by atoms with E-state index in [-0.39, 0.29) is 17.9 Å². The van der Waals surface area contributed by atoms with Crippen LogP contribution in [0.25, 0.3) is 11.0 Å². The highest BCUT2D eigenvalue weighted by atomic mass is 16.7. The van der Waals surface area contributed by atoms with Crippen molar-refractivity contribution >= 4 is 28.6 Å². The van der Waals surface area contributed by atoms with E-state index in [0.29, 0.717) is 69.0 Å². The number of fused-ring (bicyclic) bond motifs is 1. The third kappa shape index (κ3) is 4.14. The first-order valence-electron chi connectivity index (χ1n) is 11.9. The second-order valence-electron chi connectivity index (χ2n) is 9.33. The second-order valence-corrected chi connectivity index (χ2v) is 9.33. The largest absolute Gasteiger partial charge is 0.388 e. The molecule has 0 radical (unpaired) electrons. The molecular weight excluding hydrogens is 448 g/mol. The van der Waals surface area contributed by atoms with E-state index in [1.165, 1.54) is 0 Å². The normalized spacial score (nSPS) is 21.7. The number of aromatic amines is 1. The maximum absolute atomic E-state index is 13.2. The van der Waals surface area contributed by atoms with Gasteiger partial charge in [0.15, 0.2) is 5.65 Å². The minimum atomic E-state index is -0.528. The summed E-state index contributed by atoms with van der Waals surface area (Å²) < 4.78 is 5.89. The Hall–Kier alpha value is -3.79. The van der Waals surface area contributed by atoms with E-state index >= 15 is 0 Å². The molecule has 2 amide bonds. The lowest BCUT2D eigenvalue weighted by Crippen LogP contribution is -2.48. The van der Waals surface area contributed by atoms with Gasteiger partial charge in [-0.2, -0.15) is 5.10 Å². The fourth-order valence-electron chi connectivity index (χ4n) is 5.04. The Balaban J connectivity index is 1.06. The molecule has 0 saturated carbocycles. The van der Waals surface area contributed by atoms with Crippen LogP contribution in [0.3, 0.4) is 0 Å². The van der Waals surface area contributed by atoms with Gasteiger partial charge in [-0.05, 0) is 11.6 Å². The van der Waals surface area contributed by atoms with Crippen molar-refractivity contribution in [1.82, 2.24) is 25.0 Å². The summed E-state index contributed by atoms with van der Waals surface area (Å²) >= 11 is 0. The molecule has 0 bridgehead atoms. The first-order valence-corrected chi connectivity index (χ1v) is 11.9. The number of carbonyl (C=O) groups excluding carboxylic acids is 2. The summed E-state index contributed by atoms with van der Waals surface area (Å²) in [5, 5.41) is 11.8. The lowest BCUT2D eigenvalue weighted by molar-refractivity contribution is -0.131. The molecule has 1 atom stereocenters. The van der Waals surface area contributed by atoms with E-state index < -0.39 is 5.60 Å². The van der Waals surface area contributed by atoms with Gasteiger partial charge in [-0.3, -0.25) is 14.7 Å². The zero-order valence-corrected chi connectivity index (χ0v) is 19.2. The zero-order valence-electron chi connectivity index (χ0n) is 19.2. The average Bonchev–Trinajstić information content (AvgIpc) is 3.56. The Labute approximate surface area is 201 Å². The number of carbonyl (C=O) groups is 2. The number of hydrogen-bond donors (Lipinski definition) is 1. The van der Waals surface area contributed by atoms with Gasteiger partial charge in [0.25, 0.3) is 11.8 Å². The van der Waals surface area contributed by atoms with Crippen LogP contribution in [0.1, 0.15) is 41.3 Å². The molecule has 1 aromatic carbocycles. The Morgan fingerprint density at radius 2 is 1.86 bits per heavy atom. The Bertz CT molecular complexity index is 1280. The third-order valence-corrected chi connectivity index (χ3v) is 7.11. The molecule has 180 valence electrons. The van der Waals surface area contributed by atoms with E-state index in [2.05, 4.69) is 20.3 Å². The van der Waals surface area contributed by atoms with Crippen molar-refractivity contribution in [3.8, 4) is 0 Å². The molecule has 1 N–H and O–H groups in total. The predicted octanol–water partition coefficient (Wildman–Crippen LogP) is 2.31. The maximum Gasteiger partial charge on any atom is 0.271 e. The van der Waals surface area contributed by atoms with Crippen molar-refractivity contribution in [1.29, 1.82) is 0 Å². The molecule has 3 aliphatic rings. The molecule has 10 nitrogen and oxygen atoms in total. The smallest absolute Gasteiger partial charge is 0.271 e. The van der Waals surface area contributed by atoms with Gasteiger partial charge in [-0.1, -0.05) is 35.5 Å². The van der Waals surface area contributed by atoms with Gasteiger partial charge in [-0.25, -0.2) is 4.98 Å². The maximum atomic E-state index is 13.2. The number of pyridine rings is 1. The predicted molar refractivity (Wildman–Crippen MR) is 127 cm³/mol. The highest BCUT2D eigenvalue weighted by Gasteiger charge is 2.45. The average molecular weight is 475 g/mol. The van der Waals surface area contributed by atoms with Crippen molar-refractivity contribution in [2.45, 2.75) is 31.0 Å². The molecule has 2 fully saturated rings. The van der Waals surface area contributed by atoms with E-state index in [9.17, 15) is 9.59 Å². The van der Waals surface area contributed by atoms with Crippen LogP contribution in [0, 0.1) is 0 Å². The topological polar surface area (TPSA) is 113 Å². The van der Waals surface area contributed by atoms with Crippen molar-refractivity contribution < 1.29 is 19.2 Å². The minimum Gasteiger partial charge on any atom is -0.388 e. The monoisotopic (exact) mass is 474 g/mol. The van der Waals surface area contributed by atoms with Crippen LogP contribution in [0.15, 0.2) is 53.9 Å². The van der Waals surface area contributed by atoms with Gasteiger partial charge in [0.1, 0.15) is 17.4 Å². The standard InChI is InChI=1S/C25H26N6O4/c32-23(19-12-18-15-27-28-22(18)26-14-19)30-8-6-25(7-9-30)13-20(29-35-25)24(33)31-10-11-34-21(16-31)17-4-2-1-3-5-17/h1-5,12,14-15,21H,6-11,13,16H2,(H,26,27,28).